The van der Waals surface area contributed by atoms with Crippen LogP contribution >= 0.6 is 11.6 Å². The minimum atomic E-state index is 0.370. The molecule has 3 heterocycles. The second-order valence-corrected chi connectivity index (χ2v) is 5.85. The van der Waals surface area contributed by atoms with E-state index >= 15 is 0 Å². The minimum Gasteiger partial charge on any atom is -0.354 e. The topological polar surface area (TPSA) is 54.8 Å². The molecule has 0 spiro atoms. The summed E-state index contributed by atoms with van der Waals surface area (Å²) in [5, 5.41) is 0.593. The Morgan fingerprint density at radius 3 is 2.40 bits per heavy atom. The lowest BCUT2D eigenvalue weighted by atomic mass is 9.99. The van der Waals surface area contributed by atoms with Crippen LogP contribution in [-0.2, 0) is 0 Å². The molecular weight excluding hydrogens is 274 g/mol. The van der Waals surface area contributed by atoms with Gasteiger partial charge < -0.3 is 4.90 Å². The maximum atomic E-state index is 6.09. The van der Waals surface area contributed by atoms with Gasteiger partial charge in [0, 0.05) is 25.5 Å². The Bertz CT molecular complexity index is 620. The highest BCUT2D eigenvalue weighted by molar-refractivity contribution is 6.32. The Labute approximate surface area is 122 Å². The fourth-order valence-corrected chi connectivity index (χ4v) is 2.76. The van der Waals surface area contributed by atoms with Crippen molar-refractivity contribution >= 4 is 17.4 Å². The molecule has 4 rings (SSSR count). The van der Waals surface area contributed by atoms with Crippen LogP contribution in [0.2, 0.25) is 5.02 Å². The molecule has 1 aliphatic heterocycles. The van der Waals surface area contributed by atoms with Gasteiger partial charge in [0.05, 0.1) is 12.1 Å². The van der Waals surface area contributed by atoms with Gasteiger partial charge in [0.1, 0.15) is 17.2 Å². The third-order valence-electron chi connectivity index (χ3n) is 3.93. The van der Waals surface area contributed by atoms with E-state index in [1.165, 1.54) is 24.7 Å². The summed E-state index contributed by atoms with van der Waals surface area (Å²) in [6.07, 6.45) is 9.69. The number of rotatable bonds is 3. The molecule has 102 valence electrons. The molecule has 0 unspecified atom stereocenters. The van der Waals surface area contributed by atoms with Crippen molar-refractivity contribution in [2.45, 2.75) is 24.7 Å². The van der Waals surface area contributed by atoms with E-state index < -0.39 is 0 Å². The molecule has 2 fully saturated rings. The molecule has 0 atom stereocenters. The zero-order valence-corrected chi connectivity index (χ0v) is 11.7. The first kappa shape index (κ1) is 12.0. The van der Waals surface area contributed by atoms with Crippen LogP contribution in [0, 0.1) is 0 Å². The first-order valence-corrected chi connectivity index (χ1v) is 7.21. The van der Waals surface area contributed by atoms with Crippen LogP contribution in [0.5, 0.6) is 0 Å². The molecule has 1 saturated heterocycles. The summed E-state index contributed by atoms with van der Waals surface area (Å²) in [5.41, 5.74) is 1.28. The smallest absolute Gasteiger partial charge is 0.150 e. The first-order chi connectivity index (χ1) is 9.81. The Morgan fingerprint density at radius 2 is 1.75 bits per heavy atom. The summed E-state index contributed by atoms with van der Waals surface area (Å²) >= 11 is 6.09. The minimum absolute atomic E-state index is 0.370. The molecule has 20 heavy (non-hydrogen) atoms. The van der Waals surface area contributed by atoms with Crippen molar-refractivity contribution in [1.82, 2.24) is 19.9 Å². The van der Waals surface area contributed by atoms with Crippen LogP contribution in [0.3, 0.4) is 0 Å². The van der Waals surface area contributed by atoms with E-state index in [9.17, 15) is 0 Å². The van der Waals surface area contributed by atoms with E-state index in [1.807, 2.05) is 12.4 Å². The molecule has 2 aliphatic rings. The van der Waals surface area contributed by atoms with E-state index in [1.54, 1.807) is 6.20 Å². The summed E-state index contributed by atoms with van der Waals surface area (Å²) in [6.45, 7) is 1.72. The predicted molar refractivity (Wildman–Crippen MR) is 76.0 cm³/mol. The second kappa shape index (κ2) is 4.66. The Morgan fingerprint density at radius 1 is 1.00 bits per heavy atom. The monoisotopic (exact) mass is 287 g/mol. The lowest BCUT2D eigenvalue weighted by molar-refractivity contribution is 0.495. The highest BCUT2D eigenvalue weighted by Crippen LogP contribution is 2.39. The van der Waals surface area contributed by atoms with Gasteiger partial charge in [-0.15, -0.1) is 0 Å². The van der Waals surface area contributed by atoms with Crippen LogP contribution in [-0.4, -0.2) is 33.0 Å². The summed E-state index contributed by atoms with van der Waals surface area (Å²) < 4.78 is 0. The van der Waals surface area contributed by atoms with Crippen LogP contribution in [0.25, 0.3) is 0 Å². The largest absolute Gasteiger partial charge is 0.354 e. The van der Waals surface area contributed by atoms with Crippen molar-refractivity contribution in [3.05, 3.63) is 41.3 Å². The molecule has 6 heteroatoms. The molecule has 5 nitrogen and oxygen atoms in total. The van der Waals surface area contributed by atoms with Crippen molar-refractivity contribution in [3.8, 4) is 0 Å². The maximum Gasteiger partial charge on any atom is 0.150 e. The van der Waals surface area contributed by atoms with Crippen LogP contribution in [0.15, 0.2) is 24.9 Å². The van der Waals surface area contributed by atoms with Crippen LogP contribution in [0.4, 0.5) is 5.82 Å². The van der Waals surface area contributed by atoms with Gasteiger partial charge in [0.2, 0.25) is 0 Å². The quantitative estimate of drug-likeness (QED) is 0.868. The lowest BCUT2D eigenvalue weighted by Crippen LogP contribution is -2.46. The molecule has 2 aromatic rings. The van der Waals surface area contributed by atoms with Gasteiger partial charge >= 0.3 is 0 Å². The highest BCUT2D eigenvalue weighted by Gasteiger charge is 2.32. The maximum absolute atomic E-state index is 6.09. The highest BCUT2D eigenvalue weighted by atomic mass is 35.5. The summed E-state index contributed by atoms with van der Waals surface area (Å²) in [7, 11) is 0. The van der Waals surface area contributed by atoms with Crippen molar-refractivity contribution in [3.63, 3.8) is 0 Å². The molecule has 0 radical (unpaired) electrons. The Hall–Kier alpha value is -1.75. The van der Waals surface area contributed by atoms with Crippen LogP contribution < -0.4 is 4.90 Å². The number of aromatic nitrogens is 4. The van der Waals surface area contributed by atoms with Gasteiger partial charge in [0.25, 0.3) is 0 Å². The van der Waals surface area contributed by atoms with Gasteiger partial charge in [-0.05, 0) is 24.3 Å². The van der Waals surface area contributed by atoms with Crippen molar-refractivity contribution < 1.29 is 0 Å². The van der Waals surface area contributed by atoms with E-state index in [0.717, 1.165) is 24.7 Å². The number of nitrogens with zero attached hydrogens (tertiary/aromatic N) is 5. The van der Waals surface area contributed by atoms with E-state index in [0.29, 0.717) is 16.9 Å². The van der Waals surface area contributed by atoms with E-state index in [2.05, 4.69) is 24.8 Å². The molecule has 0 aromatic carbocycles. The fourth-order valence-electron chi connectivity index (χ4n) is 2.54. The van der Waals surface area contributed by atoms with Crippen LogP contribution in [0.1, 0.15) is 36.1 Å². The summed E-state index contributed by atoms with van der Waals surface area (Å²) in [4.78, 5) is 19.3. The zero-order valence-electron chi connectivity index (χ0n) is 10.9. The molecule has 2 aromatic heterocycles. The van der Waals surface area contributed by atoms with Gasteiger partial charge in [-0.25, -0.2) is 19.9 Å². The normalized spacial score (nSPS) is 18.9. The van der Waals surface area contributed by atoms with Crippen molar-refractivity contribution in [2.75, 3.05) is 18.0 Å². The third kappa shape index (κ3) is 2.12. The number of halogens is 1. The van der Waals surface area contributed by atoms with Gasteiger partial charge in [-0.3, -0.25) is 0 Å². The fraction of sp³-hybridized carbons (Fsp3) is 0.429. The first-order valence-electron chi connectivity index (χ1n) is 6.83. The molecule has 0 N–H and O–H groups in total. The average Bonchev–Trinajstić information content (AvgIpc) is 3.24. The molecule has 1 aliphatic carbocycles. The third-order valence-corrected chi connectivity index (χ3v) is 4.20. The standard InChI is InChI=1S/C14H14ClN5/c15-12-5-16-8-19-14(12)20-6-11(7-20)13-17-3-10(4-18-13)9-1-2-9/h3-5,8-9,11H,1-2,6-7H2. The number of hydrogen-bond donors (Lipinski definition) is 0. The summed E-state index contributed by atoms with van der Waals surface area (Å²) in [5.74, 6) is 2.80. The van der Waals surface area contributed by atoms with Gasteiger partial charge in [-0.2, -0.15) is 0 Å². The van der Waals surface area contributed by atoms with Gasteiger partial charge in [-0.1, -0.05) is 11.6 Å². The molecular formula is C14H14ClN5. The van der Waals surface area contributed by atoms with Crippen molar-refractivity contribution in [1.29, 1.82) is 0 Å². The Balaban J connectivity index is 1.44. The predicted octanol–water partition coefficient (Wildman–Crippen LogP) is 2.40. The zero-order chi connectivity index (χ0) is 13.5. The molecule has 0 amide bonds. The second-order valence-electron chi connectivity index (χ2n) is 5.45. The van der Waals surface area contributed by atoms with Gasteiger partial charge in [0.15, 0.2) is 5.82 Å². The lowest BCUT2D eigenvalue weighted by Gasteiger charge is -2.39. The average molecular weight is 288 g/mol. The Kier molecular flexibility index (Phi) is 2.80. The number of anilines is 1. The van der Waals surface area contributed by atoms with E-state index in [-0.39, 0.29) is 0 Å². The molecule has 1 saturated carbocycles. The van der Waals surface area contributed by atoms with Crippen molar-refractivity contribution in [2.24, 2.45) is 0 Å². The summed E-state index contributed by atoms with van der Waals surface area (Å²) in [6, 6.07) is 0. The SMILES string of the molecule is Clc1cncnc1N1CC(c2ncc(C3CC3)cn2)C1. The molecule has 0 bridgehead atoms. The number of hydrogen-bond acceptors (Lipinski definition) is 5. The van der Waals surface area contributed by atoms with E-state index in [4.69, 9.17) is 11.6 Å².